The van der Waals surface area contributed by atoms with E-state index in [2.05, 4.69) is 18.7 Å². The lowest BCUT2D eigenvalue weighted by Crippen LogP contribution is -2.32. The zero-order valence-electron chi connectivity index (χ0n) is 20.7. The van der Waals surface area contributed by atoms with Gasteiger partial charge in [0.1, 0.15) is 17.6 Å². The number of benzene rings is 2. The van der Waals surface area contributed by atoms with Crippen molar-refractivity contribution in [2.45, 2.75) is 51.7 Å². The third kappa shape index (κ3) is 4.60. The Kier molecular flexibility index (Phi) is 6.80. The van der Waals surface area contributed by atoms with E-state index in [0.717, 1.165) is 36.3 Å². The minimum absolute atomic E-state index is 0.0779. The Balaban J connectivity index is 1.77. The fraction of sp³-hybridized carbons (Fsp3) is 0.429. The molecule has 2 aliphatic heterocycles. The molecule has 4 rings (SSSR count). The Morgan fingerprint density at radius 1 is 1.15 bits per heavy atom. The van der Waals surface area contributed by atoms with Crippen LogP contribution in [0.15, 0.2) is 48.0 Å². The zero-order chi connectivity index (χ0) is 24.6. The van der Waals surface area contributed by atoms with Crippen molar-refractivity contribution in [1.82, 2.24) is 9.80 Å². The monoisotopic (exact) mass is 462 g/mol. The van der Waals surface area contributed by atoms with Gasteiger partial charge in [0.25, 0.3) is 11.7 Å². The lowest BCUT2D eigenvalue weighted by atomic mass is 9.92. The topological polar surface area (TPSA) is 70.1 Å². The van der Waals surface area contributed by atoms with Gasteiger partial charge in [-0.2, -0.15) is 0 Å². The Morgan fingerprint density at radius 3 is 2.50 bits per heavy atom. The van der Waals surface area contributed by atoms with Crippen molar-refractivity contribution in [2.24, 2.45) is 0 Å². The van der Waals surface area contributed by atoms with Gasteiger partial charge in [-0.3, -0.25) is 9.59 Å². The van der Waals surface area contributed by atoms with Crippen molar-refractivity contribution < 1.29 is 19.4 Å². The number of hydrogen-bond donors (Lipinski definition) is 1. The summed E-state index contributed by atoms with van der Waals surface area (Å²) in [6.45, 7) is 7.48. The van der Waals surface area contributed by atoms with Gasteiger partial charge in [0.2, 0.25) is 0 Å². The molecular weight excluding hydrogens is 428 g/mol. The zero-order valence-corrected chi connectivity index (χ0v) is 20.7. The molecule has 0 bridgehead atoms. The summed E-state index contributed by atoms with van der Waals surface area (Å²) in [5.41, 5.74) is 3.69. The molecule has 0 aromatic heterocycles. The Labute approximate surface area is 201 Å². The number of fused-ring (bicyclic) bond motifs is 1. The van der Waals surface area contributed by atoms with Crippen molar-refractivity contribution in [3.63, 3.8) is 0 Å². The number of carbonyl (C=O) groups is 2. The van der Waals surface area contributed by atoms with Gasteiger partial charge in [-0.15, -0.1) is 0 Å². The molecule has 2 unspecified atom stereocenters. The molecule has 0 saturated carbocycles. The molecule has 2 aromatic rings. The molecule has 1 fully saturated rings. The first-order valence-corrected chi connectivity index (χ1v) is 12.0. The van der Waals surface area contributed by atoms with Gasteiger partial charge in [0.15, 0.2) is 0 Å². The highest BCUT2D eigenvalue weighted by molar-refractivity contribution is 6.46. The first-order valence-electron chi connectivity index (χ1n) is 12.0. The van der Waals surface area contributed by atoms with Gasteiger partial charge in [-0.25, -0.2) is 0 Å². The van der Waals surface area contributed by atoms with Gasteiger partial charge in [0, 0.05) is 18.5 Å². The number of carbonyl (C=O) groups excluding carboxylic acids is 2. The van der Waals surface area contributed by atoms with E-state index in [-0.39, 0.29) is 17.4 Å². The van der Waals surface area contributed by atoms with Crippen LogP contribution in [0, 0.1) is 0 Å². The first kappa shape index (κ1) is 24.0. The minimum Gasteiger partial charge on any atom is -0.507 e. The molecule has 2 atom stereocenters. The standard InChI is InChI=1S/C28H34N2O4/c1-17(2)19-7-9-20(10-8-19)25-24(27(32)28(33)30(25)14-6-13-29(4)5)26(31)21-11-12-23-22(16-21)15-18(3)34-23/h7-12,16-18,25,31H,6,13-15H2,1-5H3. The fourth-order valence-corrected chi connectivity index (χ4v) is 4.80. The van der Waals surface area contributed by atoms with E-state index in [4.69, 9.17) is 4.74 Å². The molecule has 180 valence electrons. The van der Waals surface area contributed by atoms with E-state index < -0.39 is 17.7 Å². The maximum Gasteiger partial charge on any atom is 0.295 e. The number of amides is 1. The Morgan fingerprint density at radius 2 is 1.85 bits per heavy atom. The van der Waals surface area contributed by atoms with Gasteiger partial charge >= 0.3 is 0 Å². The molecule has 0 aliphatic carbocycles. The van der Waals surface area contributed by atoms with Gasteiger partial charge in [-0.05, 0) is 74.8 Å². The SMILES string of the molecule is CC1Cc2cc(C(O)=C3C(=O)C(=O)N(CCCN(C)C)C3c3ccc(C(C)C)cc3)ccc2O1. The van der Waals surface area contributed by atoms with Crippen LogP contribution >= 0.6 is 0 Å². The predicted molar refractivity (Wildman–Crippen MR) is 133 cm³/mol. The largest absolute Gasteiger partial charge is 0.507 e. The number of aliphatic hydroxyl groups is 1. The third-order valence-corrected chi connectivity index (χ3v) is 6.63. The van der Waals surface area contributed by atoms with Crippen LogP contribution in [-0.4, -0.2) is 59.9 Å². The second-order valence-corrected chi connectivity index (χ2v) is 9.93. The van der Waals surface area contributed by atoms with Crippen LogP contribution in [0.4, 0.5) is 0 Å². The number of hydrogen-bond acceptors (Lipinski definition) is 5. The molecule has 6 nitrogen and oxygen atoms in total. The van der Waals surface area contributed by atoms with Gasteiger partial charge < -0.3 is 19.6 Å². The van der Waals surface area contributed by atoms with Gasteiger partial charge in [0.05, 0.1) is 11.6 Å². The summed E-state index contributed by atoms with van der Waals surface area (Å²) in [6.07, 6.45) is 1.55. The van der Waals surface area contributed by atoms with Crippen LogP contribution < -0.4 is 4.74 Å². The average molecular weight is 463 g/mol. The molecule has 1 saturated heterocycles. The number of likely N-dealkylation sites (tertiary alicyclic amines) is 1. The average Bonchev–Trinajstić information content (AvgIpc) is 3.29. The second-order valence-electron chi connectivity index (χ2n) is 9.93. The quantitative estimate of drug-likeness (QED) is 0.373. The number of ether oxygens (including phenoxy) is 1. The predicted octanol–water partition coefficient (Wildman–Crippen LogP) is 4.51. The van der Waals surface area contributed by atoms with E-state index in [1.165, 1.54) is 5.56 Å². The fourth-order valence-electron chi connectivity index (χ4n) is 4.80. The van der Waals surface area contributed by atoms with Crippen LogP contribution in [0.25, 0.3) is 5.76 Å². The maximum absolute atomic E-state index is 13.2. The highest BCUT2D eigenvalue weighted by atomic mass is 16.5. The normalized spacial score (nSPS) is 21.4. The summed E-state index contributed by atoms with van der Waals surface area (Å²) in [6, 6.07) is 12.8. The number of Topliss-reactive ketones (excluding diaryl/α,β-unsaturated/α-hetero) is 1. The first-order chi connectivity index (χ1) is 16.2. The molecule has 0 spiro atoms. The number of nitrogens with zero attached hydrogens (tertiary/aromatic N) is 2. The molecule has 0 radical (unpaired) electrons. The van der Waals surface area contributed by atoms with E-state index in [9.17, 15) is 14.7 Å². The highest BCUT2D eigenvalue weighted by Gasteiger charge is 2.45. The number of rotatable bonds is 7. The summed E-state index contributed by atoms with van der Waals surface area (Å²) in [7, 11) is 3.96. The van der Waals surface area contributed by atoms with E-state index in [0.29, 0.717) is 18.0 Å². The van der Waals surface area contributed by atoms with Crippen LogP contribution in [0.5, 0.6) is 5.75 Å². The summed E-state index contributed by atoms with van der Waals surface area (Å²) in [5, 5.41) is 11.3. The highest BCUT2D eigenvalue weighted by Crippen LogP contribution is 2.41. The van der Waals surface area contributed by atoms with Crippen LogP contribution in [0.3, 0.4) is 0 Å². The number of ketones is 1. The molecule has 2 aromatic carbocycles. The lowest BCUT2D eigenvalue weighted by molar-refractivity contribution is -0.139. The second kappa shape index (κ2) is 9.63. The molecule has 6 heteroatoms. The smallest absolute Gasteiger partial charge is 0.295 e. The third-order valence-electron chi connectivity index (χ3n) is 6.63. The Hall–Kier alpha value is -3.12. The maximum atomic E-state index is 13.2. The van der Waals surface area contributed by atoms with Gasteiger partial charge in [-0.1, -0.05) is 38.1 Å². The van der Waals surface area contributed by atoms with Crippen molar-refractivity contribution in [3.05, 3.63) is 70.3 Å². The van der Waals surface area contributed by atoms with E-state index >= 15 is 0 Å². The van der Waals surface area contributed by atoms with Crippen molar-refractivity contribution in [1.29, 1.82) is 0 Å². The Bertz CT molecular complexity index is 1120. The summed E-state index contributed by atoms with van der Waals surface area (Å²) < 4.78 is 5.78. The lowest BCUT2D eigenvalue weighted by Gasteiger charge is -2.26. The van der Waals surface area contributed by atoms with Crippen molar-refractivity contribution >= 4 is 17.4 Å². The molecular formula is C28H34N2O4. The van der Waals surface area contributed by atoms with Crippen molar-refractivity contribution in [3.8, 4) is 5.75 Å². The molecule has 1 N–H and O–H groups in total. The molecule has 2 aliphatic rings. The van der Waals surface area contributed by atoms with E-state index in [1.807, 2.05) is 57.4 Å². The van der Waals surface area contributed by atoms with Crippen LogP contribution in [-0.2, 0) is 16.0 Å². The van der Waals surface area contributed by atoms with Crippen LogP contribution in [0.2, 0.25) is 0 Å². The molecule has 1 amide bonds. The summed E-state index contributed by atoms with van der Waals surface area (Å²) >= 11 is 0. The minimum atomic E-state index is -0.634. The van der Waals surface area contributed by atoms with Crippen molar-refractivity contribution in [2.75, 3.05) is 27.2 Å². The number of aliphatic hydroxyl groups excluding tert-OH is 1. The molecule has 34 heavy (non-hydrogen) atoms. The van der Waals surface area contributed by atoms with Crippen LogP contribution in [0.1, 0.15) is 61.4 Å². The summed E-state index contributed by atoms with van der Waals surface area (Å²) in [5.74, 6) is -0.152. The molecule has 2 heterocycles. The summed E-state index contributed by atoms with van der Waals surface area (Å²) in [4.78, 5) is 30.0. The van der Waals surface area contributed by atoms with E-state index in [1.54, 1.807) is 11.0 Å².